The van der Waals surface area contributed by atoms with Gasteiger partial charge in [-0.3, -0.25) is 0 Å². The lowest BCUT2D eigenvalue weighted by molar-refractivity contribution is 0.602. The molecule has 2 N–H and O–H groups in total. The minimum absolute atomic E-state index is 0. The quantitative estimate of drug-likeness (QED) is 0.881. The van der Waals surface area contributed by atoms with Gasteiger partial charge in [0.1, 0.15) is 0 Å². The second kappa shape index (κ2) is 5.49. The zero-order chi connectivity index (χ0) is 10.8. The minimum Gasteiger partial charge on any atom is -0.328 e. The van der Waals surface area contributed by atoms with Crippen molar-refractivity contribution >= 4 is 22.2 Å². The summed E-state index contributed by atoms with van der Waals surface area (Å²) in [6.45, 7) is 1.92. The highest BCUT2D eigenvalue weighted by Crippen LogP contribution is 2.11. The molecule has 86 valence electrons. The summed E-state index contributed by atoms with van der Waals surface area (Å²) in [4.78, 5) is 0.353. The molecule has 0 aromatic heterocycles. The van der Waals surface area contributed by atoms with Gasteiger partial charge >= 0.3 is 0 Å². The van der Waals surface area contributed by atoms with Gasteiger partial charge in [-0.15, -0.1) is 12.4 Å². The second-order valence-corrected chi connectivity index (χ2v) is 5.61. The molecule has 15 heavy (non-hydrogen) atoms. The molecule has 0 amide bonds. The van der Waals surface area contributed by atoms with Crippen LogP contribution < -0.4 is 5.73 Å². The lowest BCUT2D eigenvalue weighted by atomic mass is 10.1. The molecule has 1 aromatic carbocycles. The Morgan fingerprint density at radius 1 is 1.27 bits per heavy atom. The van der Waals surface area contributed by atoms with E-state index in [2.05, 4.69) is 0 Å². The summed E-state index contributed by atoms with van der Waals surface area (Å²) < 4.78 is 22.3. The normalized spacial score (nSPS) is 13.0. The molecule has 0 bridgehead atoms. The lowest BCUT2D eigenvalue weighted by Crippen LogP contribution is -2.17. The second-order valence-electron chi connectivity index (χ2n) is 3.60. The van der Waals surface area contributed by atoms with Crippen LogP contribution >= 0.6 is 12.4 Å². The topological polar surface area (TPSA) is 60.2 Å². The smallest absolute Gasteiger partial charge is 0.175 e. The molecule has 1 rings (SSSR count). The average Bonchev–Trinajstić information content (AvgIpc) is 2.02. The zero-order valence-corrected chi connectivity index (χ0v) is 10.4. The Morgan fingerprint density at radius 3 is 2.07 bits per heavy atom. The van der Waals surface area contributed by atoms with E-state index in [1.165, 1.54) is 6.26 Å². The SMILES string of the molecule is C[C@@H](N)Cc1ccc(S(C)(=O)=O)cc1.Cl. The van der Waals surface area contributed by atoms with Crippen molar-refractivity contribution in [2.45, 2.75) is 24.3 Å². The highest BCUT2D eigenvalue weighted by atomic mass is 35.5. The van der Waals surface area contributed by atoms with Crippen LogP contribution in [0.3, 0.4) is 0 Å². The van der Waals surface area contributed by atoms with E-state index in [0.717, 1.165) is 12.0 Å². The summed E-state index contributed by atoms with van der Waals surface area (Å²) in [6, 6.07) is 6.94. The van der Waals surface area contributed by atoms with Crippen LogP contribution in [0.2, 0.25) is 0 Å². The Labute approximate surface area is 97.0 Å². The summed E-state index contributed by atoms with van der Waals surface area (Å²) in [6.07, 6.45) is 1.97. The van der Waals surface area contributed by atoms with Gasteiger partial charge in [0, 0.05) is 12.3 Å². The maximum absolute atomic E-state index is 11.1. The number of halogens is 1. The molecule has 1 atom stereocenters. The zero-order valence-electron chi connectivity index (χ0n) is 8.80. The maximum atomic E-state index is 11.1. The molecule has 0 saturated carbocycles. The molecule has 5 heteroatoms. The van der Waals surface area contributed by atoms with Gasteiger partial charge < -0.3 is 5.73 Å². The van der Waals surface area contributed by atoms with Gasteiger partial charge in [0.25, 0.3) is 0 Å². The van der Waals surface area contributed by atoms with Gasteiger partial charge in [-0.25, -0.2) is 8.42 Å². The molecule has 3 nitrogen and oxygen atoms in total. The van der Waals surface area contributed by atoms with Gasteiger partial charge in [0.05, 0.1) is 4.90 Å². The Hall–Kier alpha value is -0.580. The van der Waals surface area contributed by atoms with E-state index in [1.807, 2.05) is 6.92 Å². The first kappa shape index (κ1) is 14.4. The number of hydrogen-bond donors (Lipinski definition) is 1. The van der Waals surface area contributed by atoms with Crippen molar-refractivity contribution in [2.75, 3.05) is 6.26 Å². The third-order valence-electron chi connectivity index (χ3n) is 1.91. The van der Waals surface area contributed by atoms with Gasteiger partial charge in [-0.1, -0.05) is 12.1 Å². The molecule has 0 aliphatic rings. The fourth-order valence-electron chi connectivity index (χ4n) is 1.24. The standard InChI is InChI=1S/C10H15NO2S.ClH/c1-8(11)7-9-3-5-10(6-4-9)14(2,12)13;/h3-6,8H,7,11H2,1-2H3;1H/t8-;/m1./s1. The van der Waals surface area contributed by atoms with Crippen LogP contribution in [0.25, 0.3) is 0 Å². The van der Waals surface area contributed by atoms with Crippen LogP contribution in [0.4, 0.5) is 0 Å². The van der Waals surface area contributed by atoms with Crippen LogP contribution in [0.15, 0.2) is 29.2 Å². The largest absolute Gasteiger partial charge is 0.328 e. The predicted molar refractivity (Wildman–Crippen MR) is 64.2 cm³/mol. The van der Waals surface area contributed by atoms with E-state index in [9.17, 15) is 8.42 Å². The lowest BCUT2D eigenvalue weighted by Gasteiger charge is -2.05. The number of rotatable bonds is 3. The highest BCUT2D eigenvalue weighted by molar-refractivity contribution is 7.90. The first-order chi connectivity index (χ1) is 6.39. The van der Waals surface area contributed by atoms with Crippen molar-refractivity contribution in [2.24, 2.45) is 5.73 Å². The Bertz CT molecular complexity index is 398. The molecule has 0 aliphatic carbocycles. The van der Waals surface area contributed by atoms with Crippen LogP contribution in [0.5, 0.6) is 0 Å². The van der Waals surface area contributed by atoms with Crippen molar-refractivity contribution in [1.82, 2.24) is 0 Å². The average molecular weight is 250 g/mol. The van der Waals surface area contributed by atoms with Crippen LogP contribution in [-0.4, -0.2) is 20.7 Å². The van der Waals surface area contributed by atoms with Crippen molar-refractivity contribution in [3.8, 4) is 0 Å². The Balaban J connectivity index is 0.00000196. The number of sulfone groups is 1. The number of nitrogens with two attached hydrogens (primary N) is 1. The van der Waals surface area contributed by atoms with E-state index in [1.54, 1.807) is 24.3 Å². The van der Waals surface area contributed by atoms with Crippen molar-refractivity contribution < 1.29 is 8.42 Å². The fourth-order valence-corrected chi connectivity index (χ4v) is 1.87. The monoisotopic (exact) mass is 249 g/mol. The molecular formula is C10H16ClNO2S. The summed E-state index contributed by atoms with van der Waals surface area (Å²) in [5, 5.41) is 0. The maximum Gasteiger partial charge on any atom is 0.175 e. The first-order valence-electron chi connectivity index (χ1n) is 4.44. The van der Waals surface area contributed by atoms with E-state index in [4.69, 9.17) is 5.73 Å². The first-order valence-corrected chi connectivity index (χ1v) is 6.33. The van der Waals surface area contributed by atoms with E-state index in [0.29, 0.717) is 4.90 Å². The van der Waals surface area contributed by atoms with Gasteiger partial charge in [0.15, 0.2) is 9.84 Å². The highest BCUT2D eigenvalue weighted by Gasteiger charge is 2.06. The molecule has 0 saturated heterocycles. The minimum atomic E-state index is -3.08. The van der Waals surface area contributed by atoms with Crippen LogP contribution in [-0.2, 0) is 16.3 Å². The predicted octanol–water partition coefficient (Wildman–Crippen LogP) is 1.40. The van der Waals surface area contributed by atoms with E-state index >= 15 is 0 Å². The molecule has 0 spiro atoms. The van der Waals surface area contributed by atoms with Crippen molar-refractivity contribution in [3.05, 3.63) is 29.8 Å². The summed E-state index contributed by atoms with van der Waals surface area (Å²) in [5.41, 5.74) is 6.69. The summed E-state index contributed by atoms with van der Waals surface area (Å²) in [5.74, 6) is 0. The van der Waals surface area contributed by atoms with Gasteiger partial charge in [-0.2, -0.15) is 0 Å². The van der Waals surface area contributed by atoms with Gasteiger partial charge in [-0.05, 0) is 31.0 Å². The number of hydrogen-bond acceptors (Lipinski definition) is 3. The summed E-state index contributed by atoms with van der Waals surface area (Å²) >= 11 is 0. The molecule has 0 radical (unpaired) electrons. The molecular weight excluding hydrogens is 234 g/mol. The Morgan fingerprint density at radius 2 is 1.73 bits per heavy atom. The van der Waals surface area contributed by atoms with E-state index < -0.39 is 9.84 Å². The third-order valence-corrected chi connectivity index (χ3v) is 3.04. The number of benzene rings is 1. The van der Waals surface area contributed by atoms with Crippen molar-refractivity contribution in [1.29, 1.82) is 0 Å². The van der Waals surface area contributed by atoms with Crippen molar-refractivity contribution in [3.63, 3.8) is 0 Å². The summed E-state index contributed by atoms with van der Waals surface area (Å²) in [7, 11) is -3.08. The molecule has 1 aromatic rings. The molecule has 0 aliphatic heterocycles. The van der Waals surface area contributed by atoms with E-state index in [-0.39, 0.29) is 18.4 Å². The fraction of sp³-hybridized carbons (Fsp3) is 0.400. The Kier molecular flexibility index (Phi) is 5.28. The van der Waals surface area contributed by atoms with Crippen LogP contribution in [0.1, 0.15) is 12.5 Å². The third kappa shape index (κ3) is 4.64. The molecule has 0 unspecified atom stereocenters. The molecule has 0 heterocycles. The van der Waals surface area contributed by atoms with Crippen LogP contribution in [0, 0.1) is 0 Å². The molecule has 0 fully saturated rings. The van der Waals surface area contributed by atoms with Gasteiger partial charge in [0.2, 0.25) is 0 Å².